The van der Waals surface area contributed by atoms with Crippen molar-refractivity contribution < 1.29 is 14.4 Å². The molecule has 0 bridgehead atoms. The molecule has 1 saturated heterocycles. The van der Waals surface area contributed by atoms with Gasteiger partial charge in [-0.3, -0.25) is 9.59 Å². The molecule has 3 aromatic heterocycles. The maximum atomic E-state index is 13.4. The normalized spacial score (nSPS) is 13.8. The minimum Gasteiger partial charge on any atom is -0.412 e. The first-order valence-corrected chi connectivity index (χ1v) is 11.8. The Labute approximate surface area is 215 Å². The zero-order valence-corrected chi connectivity index (χ0v) is 21.0. The summed E-state index contributed by atoms with van der Waals surface area (Å²) in [6, 6.07) is 8.21. The van der Waals surface area contributed by atoms with Crippen molar-refractivity contribution >= 4 is 46.0 Å². The third-order valence-electron chi connectivity index (χ3n) is 6.05. The fraction of sp³-hybridized carbons (Fsp3) is 0.250. The Morgan fingerprint density at radius 3 is 2.50 bits per heavy atom. The number of aromatic nitrogens is 4. The fourth-order valence-corrected chi connectivity index (χ4v) is 4.84. The van der Waals surface area contributed by atoms with Crippen molar-refractivity contribution in [2.75, 3.05) is 39.1 Å². The Hall–Kier alpha value is -3.60. The highest BCUT2D eigenvalue weighted by molar-refractivity contribution is 6.39. The largest absolute Gasteiger partial charge is 0.412 e. The van der Waals surface area contributed by atoms with Crippen LogP contribution in [0.5, 0.6) is 0 Å². The van der Waals surface area contributed by atoms with Crippen molar-refractivity contribution in [1.82, 2.24) is 24.2 Å². The smallest absolute Gasteiger partial charge is 0.293 e. The number of fused-ring (bicyclic) bond motifs is 1. The molecule has 0 saturated carbocycles. The predicted molar refractivity (Wildman–Crippen MR) is 137 cm³/mol. The van der Waals surface area contributed by atoms with Crippen LogP contribution < -0.4 is 16.1 Å². The zero-order chi connectivity index (χ0) is 25.6. The summed E-state index contributed by atoms with van der Waals surface area (Å²) >= 11 is 12.7. The number of hydrogen-bond donors (Lipinski definition) is 1. The maximum absolute atomic E-state index is 13.4. The van der Waals surface area contributed by atoms with Gasteiger partial charge in [0.05, 0.1) is 34.2 Å². The lowest BCUT2D eigenvalue weighted by Gasteiger charge is -2.26. The first-order chi connectivity index (χ1) is 17.3. The number of morpholine rings is 1. The molecule has 0 spiro atoms. The molecule has 0 unspecified atom stereocenters. The van der Waals surface area contributed by atoms with Gasteiger partial charge in [0.1, 0.15) is 18.6 Å². The van der Waals surface area contributed by atoms with E-state index in [1.165, 1.54) is 7.11 Å². The average Bonchev–Trinajstić information content (AvgIpc) is 3.26. The van der Waals surface area contributed by atoms with E-state index in [1.54, 1.807) is 53.0 Å². The summed E-state index contributed by atoms with van der Waals surface area (Å²) in [4.78, 5) is 42.5. The van der Waals surface area contributed by atoms with E-state index in [-0.39, 0.29) is 28.8 Å². The van der Waals surface area contributed by atoms with Crippen LogP contribution in [0.4, 0.5) is 5.82 Å². The van der Waals surface area contributed by atoms with Gasteiger partial charge in [0.25, 0.3) is 11.5 Å². The summed E-state index contributed by atoms with van der Waals surface area (Å²) in [5.74, 6) is 0.247. The van der Waals surface area contributed by atoms with Gasteiger partial charge < -0.3 is 24.8 Å². The molecule has 12 heteroatoms. The molecule has 1 amide bonds. The number of anilines is 1. The van der Waals surface area contributed by atoms with E-state index in [9.17, 15) is 9.59 Å². The number of nitrogens with zero attached hydrogens (tertiary/aromatic N) is 5. The number of halogens is 2. The molecule has 1 fully saturated rings. The number of nitrogens with two attached hydrogens (primary N) is 1. The van der Waals surface area contributed by atoms with Crippen LogP contribution in [0, 0.1) is 0 Å². The van der Waals surface area contributed by atoms with E-state index in [0.29, 0.717) is 58.6 Å². The lowest BCUT2D eigenvalue weighted by atomic mass is 10.1. The van der Waals surface area contributed by atoms with Crippen molar-refractivity contribution in [3.05, 3.63) is 62.6 Å². The van der Waals surface area contributed by atoms with Crippen LogP contribution in [0.1, 0.15) is 10.5 Å². The Balaban J connectivity index is 1.64. The summed E-state index contributed by atoms with van der Waals surface area (Å²) < 4.78 is 8.07. The van der Waals surface area contributed by atoms with Crippen LogP contribution >= 0.6 is 23.2 Å². The van der Waals surface area contributed by atoms with Crippen molar-refractivity contribution in [3.8, 4) is 22.5 Å². The molecule has 36 heavy (non-hydrogen) atoms. The number of nitrogen functional groups attached to an aromatic ring is 1. The quantitative estimate of drug-likeness (QED) is 0.432. The van der Waals surface area contributed by atoms with Crippen molar-refractivity contribution in [1.29, 1.82) is 0 Å². The Morgan fingerprint density at radius 2 is 1.83 bits per heavy atom. The number of carbonyl (C=O) groups excluding carboxylic acids is 1. The predicted octanol–water partition coefficient (Wildman–Crippen LogP) is 2.88. The van der Waals surface area contributed by atoms with E-state index in [2.05, 4.69) is 9.97 Å². The van der Waals surface area contributed by atoms with Crippen LogP contribution in [0.3, 0.4) is 0 Å². The third-order valence-corrected chi connectivity index (χ3v) is 6.68. The molecule has 186 valence electrons. The molecule has 1 aliphatic rings. The van der Waals surface area contributed by atoms with Gasteiger partial charge in [0.2, 0.25) is 0 Å². The first kappa shape index (κ1) is 24.1. The van der Waals surface area contributed by atoms with Crippen LogP contribution in [-0.4, -0.2) is 63.5 Å². The number of amides is 1. The van der Waals surface area contributed by atoms with Crippen molar-refractivity contribution in [2.24, 2.45) is 7.05 Å². The maximum Gasteiger partial charge on any atom is 0.293 e. The second-order valence-corrected chi connectivity index (χ2v) is 9.05. The van der Waals surface area contributed by atoms with Crippen LogP contribution in [0.15, 0.2) is 41.3 Å². The standard InChI is InChI=1S/C24H22Cl2N6O4/c1-30-12-13(10-18(30)24(34)31-6-8-36-9-7-31)21-28-20(27)15-11-14(19-16(25)4-3-5-17(19)26)23(33)32(35-2)22(15)29-21/h3-5,10-12H,6-9H2,1-2H3,(H2,27,28,29). The number of hydrogen-bond acceptors (Lipinski definition) is 7. The third kappa shape index (κ3) is 4.06. The van der Waals surface area contributed by atoms with Gasteiger partial charge >= 0.3 is 0 Å². The minimum absolute atomic E-state index is 0.115. The van der Waals surface area contributed by atoms with E-state index in [0.717, 1.165) is 4.73 Å². The number of ether oxygens (including phenoxy) is 1. The molecule has 0 atom stereocenters. The number of aryl methyl sites for hydroxylation is 1. The fourth-order valence-electron chi connectivity index (χ4n) is 4.24. The molecule has 2 N–H and O–H groups in total. The highest BCUT2D eigenvalue weighted by Gasteiger charge is 2.24. The highest BCUT2D eigenvalue weighted by Crippen LogP contribution is 2.35. The van der Waals surface area contributed by atoms with E-state index < -0.39 is 5.56 Å². The van der Waals surface area contributed by atoms with Gasteiger partial charge in [-0.2, -0.15) is 0 Å². The van der Waals surface area contributed by atoms with E-state index >= 15 is 0 Å². The van der Waals surface area contributed by atoms with Crippen molar-refractivity contribution in [3.63, 3.8) is 0 Å². The molecule has 4 heterocycles. The summed E-state index contributed by atoms with van der Waals surface area (Å²) in [7, 11) is 3.12. The van der Waals surface area contributed by atoms with Crippen LogP contribution in [0.2, 0.25) is 10.0 Å². The highest BCUT2D eigenvalue weighted by atomic mass is 35.5. The number of carbonyl (C=O) groups is 1. The molecule has 0 radical (unpaired) electrons. The van der Waals surface area contributed by atoms with E-state index in [1.807, 2.05) is 0 Å². The first-order valence-electron chi connectivity index (χ1n) is 11.1. The molecule has 1 aliphatic heterocycles. The van der Waals surface area contributed by atoms with E-state index in [4.69, 9.17) is 38.5 Å². The molecule has 5 rings (SSSR count). The second-order valence-electron chi connectivity index (χ2n) is 8.24. The summed E-state index contributed by atoms with van der Waals surface area (Å²) in [5, 5.41) is 0.991. The Kier molecular flexibility index (Phi) is 6.33. The van der Waals surface area contributed by atoms with Crippen LogP contribution in [-0.2, 0) is 11.8 Å². The number of rotatable bonds is 4. The molecule has 10 nitrogen and oxygen atoms in total. The van der Waals surface area contributed by atoms with Gasteiger partial charge in [-0.05, 0) is 24.3 Å². The lowest BCUT2D eigenvalue weighted by Crippen LogP contribution is -2.41. The molecular weight excluding hydrogens is 507 g/mol. The van der Waals surface area contributed by atoms with Gasteiger partial charge in [-0.25, -0.2) is 9.97 Å². The van der Waals surface area contributed by atoms with Crippen molar-refractivity contribution in [2.45, 2.75) is 0 Å². The number of pyridine rings is 1. The molecule has 1 aromatic carbocycles. The summed E-state index contributed by atoms with van der Waals surface area (Å²) in [6.07, 6.45) is 1.74. The van der Waals surface area contributed by atoms with Crippen LogP contribution in [0.25, 0.3) is 33.5 Å². The Morgan fingerprint density at radius 1 is 1.14 bits per heavy atom. The SMILES string of the molecule is COn1c(=O)c(-c2c(Cl)cccc2Cl)cc2c(N)nc(-c3cc(C(=O)N4CCOCC4)n(C)c3)nc21. The average molecular weight is 529 g/mol. The number of benzene rings is 1. The summed E-state index contributed by atoms with van der Waals surface area (Å²) in [5.41, 5.74) is 7.58. The Bertz CT molecular complexity index is 1540. The van der Waals surface area contributed by atoms with Gasteiger partial charge in [0.15, 0.2) is 11.5 Å². The summed E-state index contributed by atoms with van der Waals surface area (Å²) in [6.45, 7) is 2.06. The molecule has 4 aromatic rings. The molecule has 0 aliphatic carbocycles. The van der Waals surface area contributed by atoms with Gasteiger partial charge in [-0.15, -0.1) is 4.73 Å². The van der Waals surface area contributed by atoms with Gasteiger partial charge in [-0.1, -0.05) is 29.3 Å². The van der Waals surface area contributed by atoms with Gasteiger partial charge in [0, 0.05) is 37.5 Å². The molecular formula is C24H22Cl2N6O4. The zero-order valence-electron chi connectivity index (χ0n) is 19.5. The monoisotopic (exact) mass is 528 g/mol. The lowest BCUT2D eigenvalue weighted by molar-refractivity contribution is 0.0296. The minimum atomic E-state index is -0.514. The topological polar surface area (TPSA) is 118 Å². The second kappa shape index (κ2) is 9.45.